The van der Waals surface area contributed by atoms with Crippen molar-refractivity contribution in [2.75, 3.05) is 6.61 Å². The van der Waals surface area contributed by atoms with Crippen molar-refractivity contribution < 1.29 is 67.4 Å². The molecule has 1 atom stereocenters. The summed E-state index contributed by atoms with van der Waals surface area (Å²) in [7, 11) is 0. The summed E-state index contributed by atoms with van der Waals surface area (Å²) in [5.41, 5.74) is -9.52. The molecule has 0 bridgehead atoms. The molecule has 0 saturated heterocycles. The summed E-state index contributed by atoms with van der Waals surface area (Å²) >= 11 is 0. The van der Waals surface area contributed by atoms with Gasteiger partial charge in [-0.3, -0.25) is 4.79 Å². The number of ether oxygens (including phenoxy) is 2. The Balaban J connectivity index is 6.48. The van der Waals surface area contributed by atoms with Crippen LogP contribution >= 0.6 is 0 Å². The molecular formula is C21H25F11O4. The van der Waals surface area contributed by atoms with Gasteiger partial charge in [-0.2, -0.15) is 43.9 Å². The van der Waals surface area contributed by atoms with Crippen LogP contribution in [0.4, 0.5) is 48.3 Å². The van der Waals surface area contributed by atoms with Crippen molar-refractivity contribution in [3.05, 3.63) is 24.8 Å². The van der Waals surface area contributed by atoms with E-state index in [0.29, 0.717) is 0 Å². The summed E-state index contributed by atoms with van der Waals surface area (Å²) in [6.45, 7) is 8.96. The van der Waals surface area contributed by atoms with Gasteiger partial charge >= 0.3 is 41.8 Å². The number of allylic oxidation sites excluding steroid dienone is 1. The summed E-state index contributed by atoms with van der Waals surface area (Å²) < 4.78 is 157. The first-order valence-electron chi connectivity index (χ1n) is 10.2. The Morgan fingerprint density at radius 3 is 1.67 bits per heavy atom. The molecule has 0 aromatic carbocycles. The highest BCUT2D eigenvalue weighted by atomic mass is 19.4. The van der Waals surface area contributed by atoms with Gasteiger partial charge in [0, 0.05) is 5.57 Å². The van der Waals surface area contributed by atoms with Gasteiger partial charge in [0.25, 0.3) is 0 Å². The molecule has 210 valence electrons. The van der Waals surface area contributed by atoms with Crippen LogP contribution in [0.2, 0.25) is 0 Å². The fourth-order valence-electron chi connectivity index (χ4n) is 3.07. The summed E-state index contributed by atoms with van der Waals surface area (Å²) in [4.78, 5) is 24.2. The first kappa shape index (κ1) is 33.7. The van der Waals surface area contributed by atoms with Crippen LogP contribution in [0.1, 0.15) is 46.5 Å². The van der Waals surface area contributed by atoms with Gasteiger partial charge in [0.1, 0.15) is 12.7 Å². The van der Waals surface area contributed by atoms with Crippen LogP contribution in [0.15, 0.2) is 24.8 Å². The molecule has 0 spiro atoms. The molecule has 0 aromatic rings. The lowest BCUT2D eigenvalue weighted by atomic mass is 9.79. The smallest absolute Gasteiger partial charge is 0.438 e. The van der Waals surface area contributed by atoms with Gasteiger partial charge in [0.15, 0.2) is 0 Å². The lowest BCUT2D eigenvalue weighted by Gasteiger charge is -2.40. The average Bonchev–Trinajstić information content (AvgIpc) is 2.72. The van der Waals surface area contributed by atoms with Gasteiger partial charge in [-0.15, -0.1) is 6.58 Å². The number of carbonyl (C=O) groups excluding carboxylic acids is 2. The van der Waals surface area contributed by atoms with Crippen molar-refractivity contribution in [2.45, 2.75) is 82.4 Å². The molecule has 0 N–H and O–H groups in total. The molecular weight excluding hydrogens is 525 g/mol. The van der Waals surface area contributed by atoms with E-state index in [9.17, 15) is 57.9 Å². The highest BCUT2D eigenvalue weighted by molar-refractivity contribution is 5.87. The molecule has 0 amide bonds. The fraction of sp³-hybridized carbons (Fsp3) is 0.714. The van der Waals surface area contributed by atoms with E-state index < -0.39 is 66.4 Å². The lowest BCUT2D eigenvalue weighted by molar-refractivity contribution is -0.428. The van der Waals surface area contributed by atoms with Gasteiger partial charge in [-0.25, -0.2) is 9.18 Å². The quantitative estimate of drug-likeness (QED) is 0.108. The maximum atomic E-state index is 14.4. The minimum Gasteiger partial charge on any atom is -0.458 e. The summed E-state index contributed by atoms with van der Waals surface area (Å²) in [6.07, 6.45) is -19.5. The summed E-state index contributed by atoms with van der Waals surface area (Å²) in [6, 6.07) is 0. The molecule has 0 aliphatic carbocycles. The molecule has 1 unspecified atom stereocenters. The van der Waals surface area contributed by atoms with Gasteiger partial charge < -0.3 is 9.47 Å². The second kappa shape index (κ2) is 11.4. The Morgan fingerprint density at radius 2 is 1.33 bits per heavy atom. The van der Waals surface area contributed by atoms with Crippen molar-refractivity contribution in [3.8, 4) is 0 Å². The van der Waals surface area contributed by atoms with E-state index in [-0.39, 0.29) is 24.8 Å². The Kier molecular flexibility index (Phi) is 10.6. The van der Waals surface area contributed by atoms with E-state index in [2.05, 4.69) is 17.9 Å². The monoisotopic (exact) mass is 550 g/mol. The van der Waals surface area contributed by atoms with Crippen molar-refractivity contribution in [2.24, 2.45) is 5.41 Å². The van der Waals surface area contributed by atoms with Crippen LogP contribution in [0, 0.1) is 5.41 Å². The zero-order chi connectivity index (χ0) is 29.0. The Morgan fingerprint density at radius 1 is 0.889 bits per heavy atom. The largest absolute Gasteiger partial charge is 0.458 e. The van der Waals surface area contributed by atoms with E-state index >= 15 is 0 Å². The fourth-order valence-corrected chi connectivity index (χ4v) is 3.07. The Hall–Kier alpha value is -2.35. The maximum absolute atomic E-state index is 14.4. The second-order valence-electron chi connectivity index (χ2n) is 8.02. The molecule has 0 aliphatic heterocycles. The summed E-state index contributed by atoms with van der Waals surface area (Å²) in [5, 5.41) is 0. The number of hydrogen-bond acceptors (Lipinski definition) is 4. The first-order valence-corrected chi connectivity index (χ1v) is 10.2. The van der Waals surface area contributed by atoms with Crippen molar-refractivity contribution >= 4 is 11.9 Å². The van der Waals surface area contributed by atoms with E-state index in [4.69, 9.17) is 4.74 Å². The Bertz CT molecular complexity index is 798. The zero-order valence-corrected chi connectivity index (χ0v) is 19.4. The third kappa shape index (κ3) is 6.50. The molecule has 0 heterocycles. The lowest BCUT2D eigenvalue weighted by Crippen LogP contribution is -2.70. The van der Waals surface area contributed by atoms with Crippen LogP contribution in [0.5, 0.6) is 0 Å². The van der Waals surface area contributed by atoms with E-state index in [0.717, 1.165) is 6.92 Å². The van der Waals surface area contributed by atoms with Gasteiger partial charge in [-0.1, -0.05) is 26.5 Å². The van der Waals surface area contributed by atoms with Gasteiger partial charge in [-0.05, 0) is 26.2 Å². The topological polar surface area (TPSA) is 52.6 Å². The normalized spacial score (nSPS) is 14.7. The van der Waals surface area contributed by atoms with Crippen molar-refractivity contribution in [1.82, 2.24) is 0 Å². The van der Waals surface area contributed by atoms with Crippen molar-refractivity contribution in [3.63, 3.8) is 0 Å². The number of carbonyl (C=O) groups is 2. The molecule has 0 rings (SSSR count). The molecule has 15 heteroatoms. The van der Waals surface area contributed by atoms with E-state index in [1.165, 1.54) is 19.9 Å². The first-order chi connectivity index (χ1) is 16.0. The second-order valence-corrected chi connectivity index (χ2v) is 8.02. The minimum absolute atomic E-state index is 0.0328. The SMILES string of the molecule is C=CCC(CC)(CC)C(=O)OC(COC(=O)C(=C)C)CC(F)(F)C(F)(F)C(F)(C(F)(F)F)C(F)(F)F. The molecule has 0 fully saturated rings. The third-order valence-electron chi connectivity index (χ3n) is 5.50. The maximum Gasteiger partial charge on any atom is 0.438 e. The molecule has 4 nitrogen and oxygen atoms in total. The van der Waals surface area contributed by atoms with Gasteiger partial charge in [0.2, 0.25) is 0 Å². The highest BCUT2D eigenvalue weighted by Crippen LogP contribution is 2.60. The zero-order valence-electron chi connectivity index (χ0n) is 19.4. The predicted octanol–water partition coefficient (Wildman–Crippen LogP) is 6.89. The number of rotatable bonds is 13. The summed E-state index contributed by atoms with van der Waals surface area (Å²) in [5.74, 6) is -16.5. The molecule has 0 aromatic heterocycles. The van der Waals surface area contributed by atoms with E-state index in [1.54, 1.807) is 0 Å². The number of halogens is 11. The van der Waals surface area contributed by atoms with Crippen LogP contribution in [0.25, 0.3) is 0 Å². The molecule has 0 radical (unpaired) electrons. The van der Waals surface area contributed by atoms with Crippen LogP contribution < -0.4 is 0 Å². The average molecular weight is 550 g/mol. The van der Waals surface area contributed by atoms with E-state index in [1.807, 2.05) is 0 Å². The molecule has 36 heavy (non-hydrogen) atoms. The molecule has 0 aliphatic rings. The van der Waals surface area contributed by atoms with Crippen LogP contribution in [-0.4, -0.2) is 54.5 Å². The third-order valence-corrected chi connectivity index (χ3v) is 5.50. The minimum atomic E-state index is -7.67. The van der Waals surface area contributed by atoms with Crippen molar-refractivity contribution in [1.29, 1.82) is 0 Å². The highest BCUT2D eigenvalue weighted by Gasteiger charge is 2.90. The number of esters is 2. The predicted molar refractivity (Wildman–Crippen MR) is 104 cm³/mol. The molecule has 0 saturated carbocycles. The Labute approximate surface area is 199 Å². The standard InChI is InChI=1S/C21H25F11O4/c1-6-9-16(7-2,8-3)15(34)36-13(11-35-14(33)12(4)5)10-17(22,23)19(25,26)18(24,20(27,28)29)21(30,31)32/h6,13H,1,4,7-11H2,2-3,5H3. The van der Waals surface area contributed by atoms with Gasteiger partial charge in [0.05, 0.1) is 11.8 Å². The number of hydrogen-bond donors (Lipinski definition) is 0. The van der Waals surface area contributed by atoms with Crippen LogP contribution in [-0.2, 0) is 19.1 Å². The number of alkyl halides is 11. The van der Waals surface area contributed by atoms with Crippen LogP contribution in [0.3, 0.4) is 0 Å².